The molecule has 128 valence electrons. The zero-order valence-electron chi connectivity index (χ0n) is 14.9. The number of likely N-dealkylation sites (tertiary alicyclic amines) is 1. The van der Waals surface area contributed by atoms with Gasteiger partial charge in [0.05, 0.1) is 7.11 Å². The number of allylic oxidation sites excluding steroid dienone is 3. The summed E-state index contributed by atoms with van der Waals surface area (Å²) >= 11 is 0. The maximum absolute atomic E-state index is 12.2. The normalized spacial score (nSPS) is 26.4. The molecule has 1 amide bonds. The van der Waals surface area contributed by atoms with E-state index in [0.29, 0.717) is 11.3 Å². The van der Waals surface area contributed by atoms with E-state index in [9.17, 15) is 4.79 Å². The SMILES string of the molecule is COC1=CCC2C(=C1)CCC21CCN(C(=O)OC(C)(C)C)CC1. The Balaban J connectivity index is 1.62. The van der Waals surface area contributed by atoms with Gasteiger partial charge in [-0.25, -0.2) is 4.79 Å². The average molecular weight is 319 g/mol. The van der Waals surface area contributed by atoms with Gasteiger partial charge in [-0.15, -0.1) is 0 Å². The van der Waals surface area contributed by atoms with E-state index in [4.69, 9.17) is 9.47 Å². The number of hydrogen-bond acceptors (Lipinski definition) is 3. The molecule has 1 spiro atoms. The van der Waals surface area contributed by atoms with Crippen LogP contribution in [0.4, 0.5) is 4.79 Å². The Morgan fingerprint density at radius 1 is 1.26 bits per heavy atom. The first-order valence-electron chi connectivity index (χ1n) is 8.75. The summed E-state index contributed by atoms with van der Waals surface area (Å²) in [7, 11) is 1.74. The Morgan fingerprint density at radius 2 is 1.96 bits per heavy atom. The van der Waals surface area contributed by atoms with E-state index in [1.807, 2.05) is 25.7 Å². The molecule has 0 bridgehead atoms. The molecule has 1 unspecified atom stereocenters. The van der Waals surface area contributed by atoms with Crippen molar-refractivity contribution in [3.05, 3.63) is 23.5 Å². The predicted octanol–water partition coefficient (Wildman–Crippen LogP) is 4.27. The van der Waals surface area contributed by atoms with Gasteiger partial charge in [0.15, 0.2) is 0 Å². The number of ether oxygens (including phenoxy) is 2. The number of rotatable bonds is 1. The van der Waals surface area contributed by atoms with Crippen molar-refractivity contribution >= 4 is 6.09 Å². The average Bonchev–Trinajstić information content (AvgIpc) is 2.84. The van der Waals surface area contributed by atoms with E-state index in [-0.39, 0.29) is 6.09 Å². The minimum Gasteiger partial charge on any atom is -0.497 e. The lowest BCUT2D eigenvalue weighted by Crippen LogP contribution is -2.46. The molecular weight excluding hydrogens is 290 g/mol. The third-order valence-electron chi connectivity index (χ3n) is 5.63. The number of methoxy groups -OCH3 is 1. The molecule has 1 aliphatic heterocycles. The number of hydrogen-bond donors (Lipinski definition) is 0. The molecule has 2 aliphatic carbocycles. The Bertz CT molecular complexity index is 533. The summed E-state index contributed by atoms with van der Waals surface area (Å²) in [6.07, 6.45) is 9.99. The van der Waals surface area contributed by atoms with Crippen LogP contribution in [0.5, 0.6) is 0 Å². The van der Waals surface area contributed by atoms with E-state index in [0.717, 1.165) is 38.1 Å². The van der Waals surface area contributed by atoms with Gasteiger partial charge >= 0.3 is 6.09 Å². The minimum atomic E-state index is -0.416. The summed E-state index contributed by atoms with van der Waals surface area (Å²) in [5.74, 6) is 1.65. The fourth-order valence-corrected chi connectivity index (χ4v) is 4.39. The van der Waals surface area contributed by atoms with Crippen molar-refractivity contribution in [3.63, 3.8) is 0 Å². The topological polar surface area (TPSA) is 38.8 Å². The van der Waals surface area contributed by atoms with Gasteiger partial charge in [-0.1, -0.05) is 5.57 Å². The number of amides is 1. The van der Waals surface area contributed by atoms with Gasteiger partial charge in [0.25, 0.3) is 0 Å². The van der Waals surface area contributed by atoms with Crippen LogP contribution in [-0.4, -0.2) is 36.8 Å². The third kappa shape index (κ3) is 3.26. The molecule has 1 atom stereocenters. The molecule has 1 heterocycles. The molecule has 2 fully saturated rings. The molecule has 0 aromatic heterocycles. The van der Waals surface area contributed by atoms with E-state index in [1.54, 1.807) is 12.7 Å². The molecule has 1 saturated heterocycles. The van der Waals surface area contributed by atoms with Crippen LogP contribution in [0.3, 0.4) is 0 Å². The number of carbonyl (C=O) groups is 1. The summed E-state index contributed by atoms with van der Waals surface area (Å²) in [5.41, 5.74) is 1.51. The van der Waals surface area contributed by atoms with Gasteiger partial charge in [-0.3, -0.25) is 0 Å². The van der Waals surface area contributed by atoms with Crippen LogP contribution >= 0.6 is 0 Å². The molecule has 0 aromatic rings. The number of fused-ring (bicyclic) bond motifs is 2. The second-order valence-corrected chi connectivity index (χ2v) is 8.15. The van der Waals surface area contributed by atoms with Crippen LogP contribution < -0.4 is 0 Å². The second-order valence-electron chi connectivity index (χ2n) is 8.15. The van der Waals surface area contributed by atoms with Crippen molar-refractivity contribution in [2.45, 2.75) is 58.5 Å². The summed E-state index contributed by atoms with van der Waals surface area (Å²) in [6, 6.07) is 0. The quantitative estimate of drug-likeness (QED) is 0.724. The molecule has 4 nitrogen and oxygen atoms in total. The van der Waals surface area contributed by atoms with Crippen molar-refractivity contribution in [1.82, 2.24) is 4.90 Å². The minimum absolute atomic E-state index is 0.161. The van der Waals surface area contributed by atoms with Crippen LogP contribution in [0, 0.1) is 11.3 Å². The number of carbonyl (C=O) groups excluding carboxylic acids is 1. The van der Waals surface area contributed by atoms with E-state index >= 15 is 0 Å². The molecule has 0 N–H and O–H groups in total. The first kappa shape index (κ1) is 16.4. The maximum atomic E-state index is 12.2. The summed E-state index contributed by atoms with van der Waals surface area (Å²) in [5, 5.41) is 0. The summed E-state index contributed by atoms with van der Waals surface area (Å²) < 4.78 is 10.9. The van der Waals surface area contributed by atoms with Gasteiger partial charge in [-0.2, -0.15) is 0 Å². The van der Waals surface area contributed by atoms with Crippen LogP contribution in [-0.2, 0) is 9.47 Å². The van der Waals surface area contributed by atoms with Crippen LogP contribution in [0.1, 0.15) is 52.9 Å². The lowest BCUT2D eigenvalue weighted by molar-refractivity contribution is 0.00553. The van der Waals surface area contributed by atoms with Crippen molar-refractivity contribution in [2.75, 3.05) is 20.2 Å². The molecule has 3 rings (SSSR count). The molecule has 3 aliphatic rings. The van der Waals surface area contributed by atoms with Crippen molar-refractivity contribution in [1.29, 1.82) is 0 Å². The Kier molecular flexibility index (Phi) is 4.19. The fraction of sp³-hybridized carbons (Fsp3) is 0.737. The van der Waals surface area contributed by atoms with Gasteiger partial charge in [0, 0.05) is 13.1 Å². The van der Waals surface area contributed by atoms with E-state index < -0.39 is 5.60 Å². The molecule has 23 heavy (non-hydrogen) atoms. The molecular formula is C19H29NO3. The maximum Gasteiger partial charge on any atom is 0.410 e. The van der Waals surface area contributed by atoms with Crippen molar-refractivity contribution in [3.8, 4) is 0 Å². The van der Waals surface area contributed by atoms with Crippen molar-refractivity contribution in [2.24, 2.45) is 11.3 Å². The van der Waals surface area contributed by atoms with Crippen LogP contribution in [0.2, 0.25) is 0 Å². The first-order valence-corrected chi connectivity index (χ1v) is 8.75. The molecule has 0 radical (unpaired) electrons. The fourth-order valence-electron chi connectivity index (χ4n) is 4.39. The largest absolute Gasteiger partial charge is 0.497 e. The van der Waals surface area contributed by atoms with Gasteiger partial charge in [-0.05, 0) is 76.4 Å². The summed E-state index contributed by atoms with van der Waals surface area (Å²) in [6.45, 7) is 7.41. The van der Waals surface area contributed by atoms with Crippen LogP contribution in [0.25, 0.3) is 0 Å². The highest BCUT2D eigenvalue weighted by Gasteiger charge is 2.48. The summed E-state index contributed by atoms with van der Waals surface area (Å²) in [4.78, 5) is 14.1. The van der Waals surface area contributed by atoms with E-state index in [2.05, 4.69) is 12.2 Å². The van der Waals surface area contributed by atoms with Gasteiger partial charge in [0.2, 0.25) is 0 Å². The third-order valence-corrected chi connectivity index (χ3v) is 5.63. The zero-order chi connectivity index (χ0) is 16.7. The highest BCUT2D eigenvalue weighted by atomic mass is 16.6. The molecule has 1 saturated carbocycles. The molecule has 0 aromatic carbocycles. The first-order chi connectivity index (χ1) is 10.8. The Labute approximate surface area is 139 Å². The Hall–Kier alpha value is -1.45. The molecule has 4 heteroatoms. The number of piperidine rings is 1. The monoisotopic (exact) mass is 319 g/mol. The zero-order valence-corrected chi connectivity index (χ0v) is 14.9. The van der Waals surface area contributed by atoms with Gasteiger partial charge in [0.1, 0.15) is 11.4 Å². The lowest BCUT2D eigenvalue weighted by atomic mass is 9.68. The second kappa shape index (κ2) is 5.88. The highest BCUT2D eigenvalue weighted by molar-refractivity contribution is 5.68. The van der Waals surface area contributed by atoms with Gasteiger partial charge < -0.3 is 14.4 Å². The lowest BCUT2D eigenvalue weighted by Gasteiger charge is -2.43. The predicted molar refractivity (Wildman–Crippen MR) is 90.0 cm³/mol. The van der Waals surface area contributed by atoms with Crippen LogP contribution in [0.15, 0.2) is 23.5 Å². The van der Waals surface area contributed by atoms with E-state index in [1.165, 1.54) is 12.8 Å². The van der Waals surface area contributed by atoms with Crippen molar-refractivity contribution < 1.29 is 14.3 Å². The smallest absolute Gasteiger partial charge is 0.410 e. The highest BCUT2D eigenvalue weighted by Crippen LogP contribution is 2.55. The number of nitrogens with zero attached hydrogens (tertiary/aromatic N) is 1. The Morgan fingerprint density at radius 3 is 2.57 bits per heavy atom. The standard InChI is InChI=1S/C19H29NO3/c1-18(2,3)23-17(21)20-11-9-19(10-12-20)8-7-14-13-15(22-4)5-6-16(14)19/h5,13,16H,6-12H2,1-4H3.